The van der Waals surface area contributed by atoms with Gasteiger partial charge in [0.25, 0.3) is 0 Å². The first-order valence-electron chi connectivity index (χ1n) is 10.3. The molecule has 168 valence electrons. The summed E-state index contributed by atoms with van der Waals surface area (Å²) in [6.07, 6.45) is -1.95. The van der Waals surface area contributed by atoms with Gasteiger partial charge in [-0.05, 0) is 36.4 Å². The highest BCUT2D eigenvalue weighted by Gasteiger charge is 2.30. The van der Waals surface area contributed by atoms with Crippen LogP contribution in [-0.2, 0) is 25.7 Å². The van der Waals surface area contributed by atoms with Gasteiger partial charge in [0.15, 0.2) is 11.6 Å². The highest BCUT2D eigenvalue weighted by Crippen LogP contribution is 2.31. The molecule has 0 N–H and O–H groups in total. The lowest BCUT2D eigenvalue weighted by molar-refractivity contribution is -0.137. The Morgan fingerprint density at radius 2 is 1.70 bits per heavy atom. The summed E-state index contributed by atoms with van der Waals surface area (Å²) in [6.45, 7) is 1.95. The molecule has 4 aromatic rings. The van der Waals surface area contributed by atoms with Crippen molar-refractivity contribution in [3.05, 3.63) is 89.1 Å². The number of hydrogen-bond donors (Lipinski definition) is 0. The molecule has 0 atom stereocenters. The number of halogens is 4. The average Bonchev–Trinajstić information content (AvgIpc) is 3.27. The summed E-state index contributed by atoms with van der Waals surface area (Å²) in [5.41, 5.74) is 3.23. The molecule has 0 bridgehead atoms. The first-order chi connectivity index (χ1) is 15.8. The maximum absolute atomic E-state index is 13.1. The van der Waals surface area contributed by atoms with Crippen LogP contribution in [0.2, 0.25) is 0 Å². The third-order valence-corrected chi connectivity index (χ3v) is 5.56. The van der Waals surface area contributed by atoms with Crippen molar-refractivity contribution >= 4 is 0 Å². The van der Waals surface area contributed by atoms with Gasteiger partial charge >= 0.3 is 6.18 Å². The molecule has 5 rings (SSSR count). The van der Waals surface area contributed by atoms with Crippen molar-refractivity contribution in [2.24, 2.45) is 0 Å². The van der Waals surface area contributed by atoms with E-state index < -0.39 is 11.7 Å². The lowest BCUT2D eigenvalue weighted by atomic mass is 10.1. The smallest absolute Gasteiger partial charge is 0.356 e. The molecule has 0 amide bonds. The van der Waals surface area contributed by atoms with Crippen LogP contribution in [0.4, 0.5) is 17.6 Å². The highest BCUT2D eigenvalue weighted by atomic mass is 19.4. The predicted octanol–water partition coefficient (Wildman–Crippen LogP) is 5.51. The number of alkyl halides is 3. The Morgan fingerprint density at radius 3 is 2.42 bits per heavy atom. The van der Waals surface area contributed by atoms with Crippen LogP contribution in [0, 0.1) is 5.82 Å². The zero-order chi connectivity index (χ0) is 23.0. The molecule has 0 saturated carbocycles. The van der Waals surface area contributed by atoms with E-state index in [9.17, 15) is 17.6 Å². The van der Waals surface area contributed by atoms with Crippen molar-refractivity contribution in [1.29, 1.82) is 0 Å². The van der Waals surface area contributed by atoms with E-state index in [-0.39, 0.29) is 5.82 Å². The summed E-state index contributed by atoms with van der Waals surface area (Å²) >= 11 is 0. The summed E-state index contributed by atoms with van der Waals surface area (Å²) in [7, 11) is 0. The second kappa shape index (κ2) is 8.40. The van der Waals surface area contributed by atoms with Crippen LogP contribution in [0.3, 0.4) is 0 Å². The minimum absolute atomic E-state index is 0.311. The van der Waals surface area contributed by atoms with Gasteiger partial charge in [-0.25, -0.2) is 14.4 Å². The van der Waals surface area contributed by atoms with Crippen molar-refractivity contribution in [2.45, 2.75) is 25.7 Å². The van der Waals surface area contributed by atoms with Gasteiger partial charge in [-0.2, -0.15) is 13.2 Å². The Labute approximate surface area is 186 Å². The second-order valence-corrected chi connectivity index (χ2v) is 7.89. The topological polar surface area (TPSA) is 55.1 Å². The van der Waals surface area contributed by atoms with Crippen LogP contribution < -0.4 is 0 Å². The molecule has 0 fully saturated rings. The Hall–Kier alpha value is -3.59. The molecule has 0 radical (unpaired) electrons. The Morgan fingerprint density at radius 1 is 0.970 bits per heavy atom. The SMILES string of the molecule is Fc1ccc(-c2cc(CN3CCc4nc(-c5ccc(C(F)(F)F)cc5)ncc4C3)no2)cc1. The van der Waals surface area contributed by atoms with Gasteiger partial charge in [0, 0.05) is 55.0 Å². The molecule has 0 spiro atoms. The zero-order valence-electron chi connectivity index (χ0n) is 17.3. The first-order valence-corrected chi connectivity index (χ1v) is 10.3. The van der Waals surface area contributed by atoms with Crippen LogP contribution in [0.1, 0.15) is 22.5 Å². The fourth-order valence-electron chi connectivity index (χ4n) is 3.82. The van der Waals surface area contributed by atoms with Crippen LogP contribution in [0.15, 0.2) is 65.3 Å². The molecule has 0 unspecified atom stereocenters. The number of rotatable bonds is 4. The van der Waals surface area contributed by atoms with Crippen LogP contribution in [0.25, 0.3) is 22.7 Å². The average molecular weight is 454 g/mol. The third-order valence-electron chi connectivity index (χ3n) is 5.56. The van der Waals surface area contributed by atoms with Gasteiger partial charge in [0.1, 0.15) is 5.82 Å². The van der Waals surface area contributed by atoms with Crippen molar-refractivity contribution in [3.8, 4) is 22.7 Å². The molecule has 9 heteroatoms. The van der Waals surface area contributed by atoms with E-state index in [1.165, 1.54) is 24.3 Å². The van der Waals surface area contributed by atoms with Crippen molar-refractivity contribution in [1.82, 2.24) is 20.0 Å². The number of benzene rings is 2. The molecule has 1 aliphatic heterocycles. The third kappa shape index (κ3) is 4.63. The maximum Gasteiger partial charge on any atom is 0.416 e. The molecule has 1 aliphatic rings. The Bertz CT molecular complexity index is 1270. The minimum atomic E-state index is -4.37. The molecular weight excluding hydrogens is 436 g/mol. The summed E-state index contributed by atoms with van der Waals surface area (Å²) in [5, 5.41) is 4.12. The fourth-order valence-corrected chi connectivity index (χ4v) is 3.82. The minimum Gasteiger partial charge on any atom is -0.356 e. The van der Waals surface area contributed by atoms with Gasteiger partial charge < -0.3 is 4.52 Å². The Kier molecular flexibility index (Phi) is 5.41. The molecule has 3 heterocycles. The van der Waals surface area contributed by atoms with Crippen LogP contribution >= 0.6 is 0 Å². The van der Waals surface area contributed by atoms with Crippen molar-refractivity contribution < 1.29 is 22.1 Å². The lowest BCUT2D eigenvalue weighted by Crippen LogP contribution is -2.31. The van der Waals surface area contributed by atoms with E-state index >= 15 is 0 Å². The lowest BCUT2D eigenvalue weighted by Gasteiger charge is -2.27. The maximum atomic E-state index is 13.1. The standard InChI is InChI=1S/C24H18F4N4O/c25-19-7-3-15(4-8-19)22-11-20(31-33-22)14-32-10-9-21-17(13-32)12-29-23(30-21)16-1-5-18(6-2-16)24(26,27)28/h1-8,11-12H,9-10,13-14H2. The summed E-state index contributed by atoms with van der Waals surface area (Å²) in [4.78, 5) is 11.1. The highest BCUT2D eigenvalue weighted by molar-refractivity contribution is 5.57. The van der Waals surface area contributed by atoms with Crippen molar-refractivity contribution in [2.75, 3.05) is 6.54 Å². The van der Waals surface area contributed by atoms with Gasteiger partial charge in [-0.15, -0.1) is 0 Å². The number of aromatic nitrogens is 3. The molecule has 2 aromatic heterocycles. The molecule has 0 saturated heterocycles. The monoisotopic (exact) mass is 454 g/mol. The van der Waals surface area contributed by atoms with E-state index in [4.69, 9.17) is 4.52 Å². The van der Waals surface area contributed by atoms with Crippen molar-refractivity contribution in [3.63, 3.8) is 0 Å². The molecule has 5 nitrogen and oxygen atoms in total. The van der Waals surface area contributed by atoms with E-state index in [2.05, 4.69) is 20.0 Å². The zero-order valence-corrected chi connectivity index (χ0v) is 17.3. The fraction of sp³-hybridized carbons (Fsp3) is 0.208. The number of fused-ring (bicyclic) bond motifs is 1. The molecule has 0 aliphatic carbocycles. The number of nitrogens with zero attached hydrogens (tertiary/aromatic N) is 4. The summed E-state index contributed by atoms with van der Waals surface area (Å²) < 4.78 is 56.9. The van der Waals surface area contributed by atoms with E-state index in [0.29, 0.717) is 36.7 Å². The first kappa shape index (κ1) is 21.3. The van der Waals surface area contributed by atoms with Crippen LogP contribution in [0.5, 0.6) is 0 Å². The van der Waals surface area contributed by atoms with Gasteiger partial charge in [-0.3, -0.25) is 4.90 Å². The summed E-state index contributed by atoms with van der Waals surface area (Å²) in [5.74, 6) is 0.678. The number of hydrogen-bond acceptors (Lipinski definition) is 5. The van der Waals surface area contributed by atoms with Crippen LogP contribution in [-0.4, -0.2) is 26.6 Å². The second-order valence-electron chi connectivity index (χ2n) is 7.89. The van der Waals surface area contributed by atoms with Gasteiger partial charge in [0.05, 0.1) is 17.0 Å². The van der Waals surface area contributed by atoms with E-state index in [1.807, 2.05) is 6.07 Å². The predicted molar refractivity (Wildman–Crippen MR) is 112 cm³/mol. The van der Waals surface area contributed by atoms with Gasteiger partial charge in [-0.1, -0.05) is 17.3 Å². The van der Waals surface area contributed by atoms with E-state index in [0.717, 1.165) is 41.2 Å². The molecular formula is C24H18F4N4O. The largest absolute Gasteiger partial charge is 0.416 e. The molecule has 2 aromatic carbocycles. The molecule has 33 heavy (non-hydrogen) atoms. The van der Waals surface area contributed by atoms with Gasteiger partial charge in [0.2, 0.25) is 0 Å². The summed E-state index contributed by atoms with van der Waals surface area (Å²) in [6, 6.07) is 12.7. The quantitative estimate of drug-likeness (QED) is 0.381. The van der Waals surface area contributed by atoms with E-state index in [1.54, 1.807) is 18.3 Å². The Balaban J connectivity index is 1.27. The normalized spacial score (nSPS) is 14.3.